The molecule has 1 heterocycles. The Morgan fingerprint density at radius 1 is 1.38 bits per heavy atom. The molecule has 0 aromatic heterocycles. The monoisotopic (exact) mass is 290 g/mol. The number of amides is 1. The van der Waals surface area contributed by atoms with E-state index in [9.17, 15) is 4.79 Å². The van der Waals surface area contributed by atoms with Crippen LogP contribution in [0.3, 0.4) is 0 Å². The molecule has 1 aromatic rings. The fourth-order valence-electron chi connectivity index (χ4n) is 2.97. The van der Waals surface area contributed by atoms with Gasteiger partial charge in [-0.2, -0.15) is 0 Å². The van der Waals surface area contributed by atoms with E-state index in [2.05, 4.69) is 25.2 Å². The van der Waals surface area contributed by atoms with Crippen molar-refractivity contribution in [3.8, 4) is 5.75 Å². The van der Waals surface area contributed by atoms with E-state index in [1.165, 1.54) is 0 Å². The third kappa shape index (κ3) is 2.91. The molecule has 21 heavy (non-hydrogen) atoms. The molecule has 4 nitrogen and oxygen atoms in total. The number of nitrogens with one attached hydrogen (secondary N) is 1. The summed E-state index contributed by atoms with van der Waals surface area (Å²) in [5.74, 6) is 1.44. The van der Waals surface area contributed by atoms with E-state index in [4.69, 9.17) is 4.74 Å². The number of benzene rings is 1. The molecule has 1 fully saturated rings. The maximum Gasteiger partial charge on any atom is 0.241 e. The summed E-state index contributed by atoms with van der Waals surface area (Å²) in [6.45, 7) is 9.03. The lowest BCUT2D eigenvalue weighted by Gasteiger charge is -2.23. The van der Waals surface area contributed by atoms with E-state index in [1.54, 1.807) is 7.11 Å². The van der Waals surface area contributed by atoms with Gasteiger partial charge in [0.1, 0.15) is 11.9 Å². The zero-order valence-corrected chi connectivity index (χ0v) is 13.6. The van der Waals surface area contributed by atoms with Crippen molar-refractivity contribution in [3.05, 3.63) is 29.3 Å². The maximum atomic E-state index is 12.6. The fourth-order valence-corrected chi connectivity index (χ4v) is 2.97. The fraction of sp³-hybridized carbons (Fsp3) is 0.588. The normalized spacial score (nSPS) is 23.5. The van der Waals surface area contributed by atoms with Crippen LogP contribution in [-0.2, 0) is 4.79 Å². The van der Waals surface area contributed by atoms with Crippen molar-refractivity contribution in [2.75, 3.05) is 13.7 Å². The van der Waals surface area contributed by atoms with Gasteiger partial charge >= 0.3 is 0 Å². The van der Waals surface area contributed by atoms with Crippen molar-refractivity contribution < 1.29 is 9.53 Å². The summed E-state index contributed by atoms with van der Waals surface area (Å²) < 4.78 is 5.31. The lowest BCUT2D eigenvalue weighted by Crippen LogP contribution is -2.35. The molecule has 3 atom stereocenters. The molecule has 3 unspecified atom stereocenters. The predicted molar refractivity (Wildman–Crippen MR) is 84.2 cm³/mol. The first-order valence-corrected chi connectivity index (χ1v) is 7.74. The molecule has 1 amide bonds. The van der Waals surface area contributed by atoms with E-state index in [1.807, 2.05) is 30.9 Å². The molecule has 0 bridgehead atoms. The molecule has 1 aliphatic rings. The lowest BCUT2D eigenvalue weighted by atomic mass is 9.99. The van der Waals surface area contributed by atoms with Crippen LogP contribution in [0.25, 0.3) is 0 Å². The second-order valence-corrected chi connectivity index (χ2v) is 5.79. The van der Waals surface area contributed by atoms with Gasteiger partial charge in [0.05, 0.1) is 13.2 Å². The number of methoxy groups -OCH3 is 1. The van der Waals surface area contributed by atoms with Gasteiger partial charge in [-0.3, -0.25) is 10.1 Å². The van der Waals surface area contributed by atoms with Gasteiger partial charge in [0.25, 0.3) is 0 Å². The third-order valence-electron chi connectivity index (χ3n) is 4.49. The number of nitrogens with zero attached hydrogens (tertiary/aromatic N) is 1. The molecule has 0 radical (unpaired) electrons. The molecule has 116 valence electrons. The highest BCUT2D eigenvalue weighted by Crippen LogP contribution is 2.31. The number of carbonyl (C=O) groups is 1. The molecule has 0 saturated carbocycles. The van der Waals surface area contributed by atoms with Crippen LogP contribution in [0, 0.1) is 12.8 Å². The van der Waals surface area contributed by atoms with Gasteiger partial charge in [0.2, 0.25) is 5.91 Å². The second kappa shape index (κ2) is 6.48. The number of hydrogen-bond donors (Lipinski definition) is 1. The first-order chi connectivity index (χ1) is 10.0. The van der Waals surface area contributed by atoms with Crippen LogP contribution < -0.4 is 10.1 Å². The zero-order chi connectivity index (χ0) is 15.6. The number of carbonyl (C=O) groups excluding carboxylic acids is 1. The quantitative estimate of drug-likeness (QED) is 0.906. The van der Waals surface area contributed by atoms with E-state index >= 15 is 0 Å². The molecule has 1 aromatic carbocycles. The van der Waals surface area contributed by atoms with Crippen molar-refractivity contribution in [3.63, 3.8) is 0 Å². The Morgan fingerprint density at radius 2 is 2.10 bits per heavy atom. The van der Waals surface area contributed by atoms with Crippen LogP contribution in [0.15, 0.2) is 18.2 Å². The Bertz CT molecular complexity index is 516. The molecular weight excluding hydrogens is 264 g/mol. The first kappa shape index (κ1) is 15.8. The molecular formula is C17H26N2O2. The van der Waals surface area contributed by atoms with Gasteiger partial charge in [0.15, 0.2) is 0 Å². The van der Waals surface area contributed by atoms with Crippen LogP contribution >= 0.6 is 0 Å². The maximum absolute atomic E-state index is 12.6. The highest BCUT2D eigenvalue weighted by molar-refractivity contribution is 5.84. The van der Waals surface area contributed by atoms with Crippen LogP contribution in [0.5, 0.6) is 5.75 Å². The zero-order valence-electron chi connectivity index (χ0n) is 13.6. The van der Waals surface area contributed by atoms with E-state index in [-0.39, 0.29) is 18.1 Å². The van der Waals surface area contributed by atoms with E-state index in [0.717, 1.165) is 23.3 Å². The summed E-state index contributed by atoms with van der Waals surface area (Å²) in [5.41, 5.74) is 2.21. The Hall–Kier alpha value is -1.55. The summed E-state index contributed by atoms with van der Waals surface area (Å²) in [7, 11) is 1.68. The number of likely N-dealkylation sites (N-methyl/N-ethyl adjacent to an activating group) is 1. The summed E-state index contributed by atoms with van der Waals surface area (Å²) in [6.07, 6.45) is 0.959. The molecule has 1 saturated heterocycles. The topological polar surface area (TPSA) is 41.6 Å². The summed E-state index contributed by atoms with van der Waals surface area (Å²) in [6, 6.07) is 6.04. The minimum atomic E-state index is -0.0812. The van der Waals surface area contributed by atoms with Gasteiger partial charge in [-0.05, 0) is 43.0 Å². The van der Waals surface area contributed by atoms with E-state index < -0.39 is 0 Å². The van der Waals surface area contributed by atoms with Gasteiger partial charge in [-0.1, -0.05) is 26.3 Å². The second-order valence-electron chi connectivity index (χ2n) is 5.79. The molecule has 4 heteroatoms. The number of ether oxygens (including phenoxy) is 1. The molecule has 0 spiro atoms. The first-order valence-electron chi connectivity index (χ1n) is 7.74. The van der Waals surface area contributed by atoms with E-state index in [0.29, 0.717) is 12.5 Å². The van der Waals surface area contributed by atoms with Crippen molar-refractivity contribution in [1.82, 2.24) is 10.2 Å². The van der Waals surface area contributed by atoms with Crippen molar-refractivity contribution in [1.29, 1.82) is 0 Å². The Kier molecular flexibility index (Phi) is 4.88. The molecule has 0 aliphatic carbocycles. The lowest BCUT2D eigenvalue weighted by molar-refractivity contribution is -0.130. The largest absolute Gasteiger partial charge is 0.496 e. The standard InChI is InChI=1S/C17H26N2O2/c1-6-11(3)15-17(20)19(7-2)16(18-15)13-8-9-14(21-5)12(4)10-13/h8-11,15-16,18H,6-7H2,1-5H3. The predicted octanol–water partition coefficient (Wildman–Crippen LogP) is 2.87. The Balaban J connectivity index is 2.30. The highest BCUT2D eigenvalue weighted by Gasteiger charge is 2.40. The summed E-state index contributed by atoms with van der Waals surface area (Å²) >= 11 is 0. The molecule has 1 aliphatic heterocycles. The number of rotatable bonds is 5. The summed E-state index contributed by atoms with van der Waals surface area (Å²) in [4.78, 5) is 14.5. The number of aryl methyl sites for hydroxylation is 1. The highest BCUT2D eigenvalue weighted by atomic mass is 16.5. The van der Waals surface area contributed by atoms with Gasteiger partial charge < -0.3 is 9.64 Å². The average Bonchev–Trinajstić information content (AvgIpc) is 2.83. The van der Waals surface area contributed by atoms with Crippen LogP contribution in [0.2, 0.25) is 0 Å². The SMILES string of the molecule is CCC(C)C1NC(c2ccc(OC)c(C)c2)N(CC)C1=O. The minimum absolute atomic E-state index is 0.0360. The smallest absolute Gasteiger partial charge is 0.241 e. The van der Waals surface area contributed by atoms with Crippen molar-refractivity contribution in [2.45, 2.75) is 46.3 Å². The van der Waals surface area contributed by atoms with Crippen LogP contribution in [0.4, 0.5) is 0 Å². The van der Waals surface area contributed by atoms with Gasteiger partial charge in [0, 0.05) is 6.54 Å². The summed E-state index contributed by atoms with van der Waals surface area (Å²) in [5, 5.41) is 3.51. The Labute approximate surface area is 127 Å². The molecule has 1 N–H and O–H groups in total. The van der Waals surface area contributed by atoms with Crippen molar-refractivity contribution >= 4 is 5.91 Å². The van der Waals surface area contributed by atoms with Gasteiger partial charge in [-0.25, -0.2) is 0 Å². The van der Waals surface area contributed by atoms with Gasteiger partial charge in [-0.15, -0.1) is 0 Å². The number of hydrogen-bond acceptors (Lipinski definition) is 3. The average molecular weight is 290 g/mol. The van der Waals surface area contributed by atoms with Crippen LogP contribution in [0.1, 0.15) is 44.5 Å². The molecule has 2 rings (SSSR count). The van der Waals surface area contributed by atoms with Crippen LogP contribution in [-0.4, -0.2) is 30.5 Å². The van der Waals surface area contributed by atoms with Crippen molar-refractivity contribution in [2.24, 2.45) is 5.92 Å². The Morgan fingerprint density at radius 3 is 2.62 bits per heavy atom. The minimum Gasteiger partial charge on any atom is -0.496 e. The third-order valence-corrected chi connectivity index (χ3v) is 4.49.